The number of imide groups is 1. The van der Waals surface area contributed by atoms with E-state index in [0.29, 0.717) is 10.8 Å². The number of amides is 2. The number of benzene rings is 1. The summed E-state index contributed by atoms with van der Waals surface area (Å²) in [6, 6.07) is 6.54. The van der Waals surface area contributed by atoms with E-state index in [0.717, 1.165) is 25.7 Å². The van der Waals surface area contributed by atoms with Gasteiger partial charge in [-0.3, -0.25) is 19.3 Å². The number of ether oxygens (including phenoxy) is 1. The van der Waals surface area contributed by atoms with Gasteiger partial charge >= 0.3 is 5.97 Å². The first kappa shape index (κ1) is 16.0. The second kappa shape index (κ2) is 6.71. The van der Waals surface area contributed by atoms with Crippen molar-refractivity contribution in [3.05, 3.63) is 29.3 Å². The summed E-state index contributed by atoms with van der Waals surface area (Å²) in [5.74, 6) is -0.746. The van der Waals surface area contributed by atoms with Crippen LogP contribution < -0.4 is 4.74 Å². The van der Waals surface area contributed by atoms with Gasteiger partial charge in [-0.15, -0.1) is 0 Å². The van der Waals surface area contributed by atoms with E-state index in [1.54, 1.807) is 24.3 Å². The van der Waals surface area contributed by atoms with Crippen LogP contribution in [0.2, 0.25) is 5.02 Å². The summed E-state index contributed by atoms with van der Waals surface area (Å²) in [7, 11) is 0. The minimum atomic E-state index is -0.484. The molecule has 1 saturated carbocycles. The molecule has 5 nitrogen and oxygen atoms in total. The number of carbonyl (C=O) groups excluding carboxylic acids is 3. The lowest BCUT2D eigenvalue weighted by Crippen LogP contribution is -2.33. The maximum absolute atomic E-state index is 12.3. The summed E-state index contributed by atoms with van der Waals surface area (Å²) in [6.07, 6.45) is 3.52. The molecular formula is C17H18ClNO4. The second-order valence-corrected chi connectivity index (χ2v) is 6.44. The predicted molar refractivity (Wildman–Crippen MR) is 83.9 cm³/mol. The molecule has 1 aromatic carbocycles. The van der Waals surface area contributed by atoms with Crippen molar-refractivity contribution in [2.45, 2.75) is 32.1 Å². The molecule has 0 aromatic heterocycles. The maximum atomic E-state index is 12.3. The first-order chi connectivity index (χ1) is 11.1. The van der Waals surface area contributed by atoms with Gasteiger partial charge in [-0.1, -0.05) is 30.5 Å². The smallest absolute Gasteiger partial charge is 0.312 e. The summed E-state index contributed by atoms with van der Waals surface area (Å²) in [5, 5.41) is 0.476. The van der Waals surface area contributed by atoms with Crippen molar-refractivity contribution in [1.29, 1.82) is 0 Å². The molecule has 2 atom stereocenters. The Balaban J connectivity index is 1.56. The number of hydrogen-bond donors (Lipinski definition) is 0. The number of esters is 1. The van der Waals surface area contributed by atoms with Gasteiger partial charge in [-0.25, -0.2) is 0 Å². The lowest BCUT2D eigenvalue weighted by Gasteiger charge is -2.19. The van der Waals surface area contributed by atoms with E-state index in [1.165, 1.54) is 4.90 Å². The van der Waals surface area contributed by atoms with Gasteiger partial charge in [0.1, 0.15) is 5.75 Å². The first-order valence-corrected chi connectivity index (χ1v) is 8.25. The molecule has 2 aliphatic rings. The highest BCUT2D eigenvalue weighted by molar-refractivity contribution is 6.30. The van der Waals surface area contributed by atoms with E-state index in [9.17, 15) is 14.4 Å². The van der Waals surface area contributed by atoms with Crippen LogP contribution >= 0.6 is 11.6 Å². The highest BCUT2D eigenvalue weighted by Crippen LogP contribution is 2.37. The Hall–Kier alpha value is -1.88. The van der Waals surface area contributed by atoms with Crippen LogP contribution in [-0.2, 0) is 14.4 Å². The number of halogens is 1. The molecule has 0 radical (unpaired) electrons. The summed E-state index contributed by atoms with van der Waals surface area (Å²) in [4.78, 5) is 37.7. The third-order valence-electron chi connectivity index (χ3n) is 4.50. The molecular weight excluding hydrogens is 318 g/mol. The fourth-order valence-corrected chi connectivity index (χ4v) is 3.55. The molecule has 2 amide bonds. The number of fused-ring (bicyclic) bond motifs is 1. The van der Waals surface area contributed by atoms with Crippen LogP contribution in [0.25, 0.3) is 0 Å². The van der Waals surface area contributed by atoms with E-state index < -0.39 is 5.97 Å². The van der Waals surface area contributed by atoms with Gasteiger partial charge in [0.15, 0.2) is 0 Å². The largest absolute Gasteiger partial charge is 0.426 e. The van der Waals surface area contributed by atoms with Crippen molar-refractivity contribution >= 4 is 29.4 Å². The minimum absolute atomic E-state index is 0.0105. The van der Waals surface area contributed by atoms with Gasteiger partial charge in [0.25, 0.3) is 0 Å². The van der Waals surface area contributed by atoms with E-state index in [1.807, 2.05) is 0 Å². The molecule has 2 unspecified atom stereocenters. The third kappa shape index (κ3) is 3.39. The van der Waals surface area contributed by atoms with E-state index in [4.69, 9.17) is 16.3 Å². The fourth-order valence-electron chi connectivity index (χ4n) is 3.37. The van der Waals surface area contributed by atoms with E-state index >= 15 is 0 Å². The minimum Gasteiger partial charge on any atom is -0.426 e. The molecule has 0 spiro atoms. The van der Waals surface area contributed by atoms with Gasteiger partial charge in [0.2, 0.25) is 11.8 Å². The quantitative estimate of drug-likeness (QED) is 0.482. The van der Waals surface area contributed by atoms with Crippen LogP contribution in [-0.4, -0.2) is 29.2 Å². The van der Waals surface area contributed by atoms with Gasteiger partial charge < -0.3 is 4.74 Å². The average Bonchev–Trinajstić information content (AvgIpc) is 2.77. The number of hydrogen-bond acceptors (Lipinski definition) is 4. The molecule has 1 aliphatic carbocycles. The number of nitrogens with zero attached hydrogens (tertiary/aromatic N) is 1. The van der Waals surface area contributed by atoms with Crippen molar-refractivity contribution < 1.29 is 19.1 Å². The lowest BCUT2D eigenvalue weighted by atomic mass is 9.81. The normalized spacial score (nSPS) is 23.8. The SMILES string of the molecule is O=C(CCN1C(=O)C2CCCCC2C1=O)Oc1cccc(Cl)c1. The Morgan fingerprint density at radius 2 is 1.83 bits per heavy atom. The van der Waals surface area contributed by atoms with Crippen LogP contribution in [0.4, 0.5) is 0 Å². The molecule has 1 heterocycles. The summed E-state index contributed by atoms with van der Waals surface area (Å²) >= 11 is 5.83. The van der Waals surface area contributed by atoms with E-state index in [-0.39, 0.29) is 36.6 Å². The van der Waals surface area contributed by atoms with Gasteiger partial charge in [-0.05, 0) is 31.0 Å². The Labute approximate surface area is 139 Å². The number of rotatable bonds is 4. The second-order valence-electron chi connectivity index (χ2n) is 6.01. The van der Waals surface area contributed by atoms with Crippen molar-refractivity contribution in [3.63, 3.8) is 0 Å². The first-order valence-electron chi connectivity index (χ1n) is 7.88. The van der Waals surface area contributed by atoms with Crippen LogP contribution in [0.5, 0.6) is 5.75 Å². The summed E-state index contributed by atoms with van der Waals surface area (Å²) < 4.78 is 5.17. The Kier molecular flexibility index (Phi) is 4.66. The Bertz CT molecular complexity index is 621. The molecule has 23 heavy (non-hydrogen) atoms. The zero-order valence-corrected chi connectivity index (χ0v) is 13.4. The standard InChI is InChI=1S/C17H18ClNO4/c18-11-4-3-5-12(10-11)23-15(20)8-9-19-16(21)13-6-1-2-7-14(13)17(19)22/h3-5,10,13-14H,1-2,6-9H2. The topological polar surface area (TPSA) is 63.7 Å². The highest BCUT2D eigenvalue weighted by Gasteiger charge is 2.47. The van der Waals surface area contributed by atoms with Gasteiger partial charge in [0, 0.05) is 11.6 Å². The maximum Gasteiger partial charge on any atom is 0.312 e. The zero-order chi connectivity index (χ0) is 16.4. The van der Waals surface area contributed by atoms with Crippen molar-refractivity contribution in [2.75, 3.05) is 6.54 Å². The summed E-state index contributed by atoms with van der Waals surface area (Å²) in [5.41, 5.74) is 0. The number of carbonyl (C=O) groups is 3. The molecule has 3 rings (SSSR count). The molecule has 1 aromatic rings. The van der Waals surface area contributed by atoms with E-state index in [2.05, 4.69) is 0 Å². The van der Waals surface area contributed by atoms with Crippen LogP contribution in [0, 0.1) is 11.8 Å². The summed E-state index contributed by atoms with van der Waals surface area (Å²) in [6.45, 7) is 0.0874. The average molecular weight is 336 g/mol. The van der Waals surface area contributed by atoms with Crippen LogP contribution in [0.15, 0.2) is 24.3 Å². The molecule has 1 saturated heterocycles. The van der Waals surface area contributed by atoms with Crippen LogP contribution in [0.1, 0.15) is 32.1 Å². The monoisotopic (exact) mass is 335 g/mol. The molecule has 122 valence electrons. The lowest BCUT2D eigenvalue weighted by molar-refractivity contribution is -0.141. The van der Waals surface area contributed by atoms with Gasteiger partial charge in [-0.2, -0.15) is 0 Å². The molecule has 6 heteroatoms. The molecule has 0 N–H and O–H groups in total. The molecule has 2 fully saturated rings. The van der Waals surface area contributed by atoms with Gasteiger partial charge in [0.05, 0.1) is 18.3 Å². The Morgan fingerprint density at radius 3 is 2.43 bits per heavy atom. The molecule has 0 bridgehead atoms. The third-order valence-corrected chi connectivity index (χ3v) is 4.73. The molecule has 1 aliphatic heterocycles. The highest BCUT2D eigenvalue weighted by atomic mass is 35.5. The zero-order valence-electron chi connectivity index (χ0n) is 12.7. The fraction of sp³-hybridized carbons (Fsp3) is 0.471. The van der Waals surface area contributed by atoms with Crippen molar-refractivity contribution in [2.24, 2.45) is 11.8 Å². The Morgan fingerprint density at radius 1 is 1.17 bits per heavy atom. The van der Waals surface area contributed by atoms with Crippen molar-refractivity contribution in [1.82, 2.24) is 4.90 Å². The number of likely N-dealkylation sites (tertiary alicyclic amines) is 1. The predicted octanol–water partition coefficient (Wildman–Crippen LogP) is 2.81. The van der Waals surface area contributed by atoms with Crippen molar-refractivity contribution in [3.8, 4) is 5.75 Å². The van der Waals surface area contributed by atoms with Crippen LogP contribution in [0.3, 0.4) is 0 Å².